The van der Waals surface area contributed by atoms with Crippen LogP contribution in [0, 0.1) is 5.92 Å². The summed E-state index contributed by atoms with van der Waals surface area (Å²) in [4.78, 5) is 4.42. The molecule has 2 fully saturated rings. The van der Waals surface area contributed by atoms with Gasteiger partial charge in [-0.05, 0) is 36.8 Å². The van der Waals surface area contributed by atoms with Gasteiger partial charge in [-0.1, -0.05) is 13.0 Å². The molecule has 20 heavy (non-hydrogen) atoms. The molecule has 1 spiro atoms. The van der Waals surface area contributed by atoms with Gasteiger partial charge in [0.2, 0.25) is 0 Å². The second-order valence-corrected chi connectivity index (χ2v) is 5.93. The highest BCUT2D eigenvalue weighted by Gasteiger charge is 2.43. The van der Waals surface area contributed by atoms with E-state index in [0.29, 0.717) is 13.2 Å². The van der Waals surface area contributed by atoms with E-state index in [1.54, 1.807) is 6.20 Å². The Morgan fingerprint density at radius 1 is 1.50 bits per heavy atom. The molecule has 0 bridgehead atoms. The molecule has 0 radical (unpaired) electrons. The lowest BCUT2D eigenvalue weighted by atomic mass is 9.80. The van der Waals surface area contributed by atoms with E-state index >= 15 is 0 Å². The summed E-state index contributed by atoms with van der Waals surface area (Å²) in [6.07, 6.45) is 4.88. The Morgan fingerprint density at radius 2 is 2.40 bits per heavy atom. The second kappa shape index (κ2) is 5.80. The first-order valence-electron chi connectivity index (χ1n) is 7.58. The number of aromatic nitrogens is 1. The van der Waals surface area contributed by atoms with Gasteiger partial charge in [0.1, 0.15) is 0 Å². The van der Waals surface area contributed by atoms with Crippen molar-refractivity contribution in [3.05, 3.63) is 29.6 Å². The number of pyridine rings is 1. The number of aryl methyl sites for hydroxylation is 1. The fourth-order valence-electron chi connectivity index (χ4n) is 3.44. The number of aliphatic hydroxyl groups is 1. The Morgan fingerprint density at radius 3 is 3.15 bits per heavy atom. The predicted octanol–water partition coefficient (Wildman–Crippen LogP) is 2.26. The van der Waals surface area contributed by atoms with Gasteiger partial charge in [0.25, 0.3) is 0 Å². The van der Waals surface area contributed by atoms with Crippen molar-refractivity contribution in [2.24, 2.45) is 5.92 Å². The van der Waals surface area contributed by atoms with Gasteiger partial charge in [0.15, 0.2) is 0 Å². The average molecular weight is 277 g/mol. The molecule has 1 N–H and O–H groups in total. The molecule has 3 atom stereocenters. The number of nitrogens with zero attached hydrogens (tertiary/aromatic N) is 1. The number of ether oxygens (including phenoxy) is 2. The van der Waals surface area contributed by atoms with Crippen molar-refractivity contribution in [1.82, 2.24) is 4.98 Å². The van der Waals surface area contributed by atoms with Gasteiger partial charge >= 0.3 is 0 Å². The standard InChI is InChI=1S/C16H23NO3/c1-2-12-4-3-7-17-14(12)15(18)13-5-8-20-16(10-13)6-9-19-11-16/h3-4,7,13,15,18H,2,5-6,8-11H2,1H3. The van der Waals surface area contributed by atoms with Gasteiger partial charge < -0.3 is 14.6 Å². The Balaban J connectivity index is 1.77. The van der Waals surface area contributed by atoms with Crippen LogP contribution in [0.3, 0.4) is 0 Å². The Labute approximate surface area is 120 Å². The van der Waals surface area contributed by atoms with E-state index in [-0.39, 0.29) is 11.5 Å². The van der Waals surface area contributed by atoms with Gasteiger partial charge in [0.05, 0.1) is 24.0 Å². The molecule has 3 heterocycles. The Bertz CT molecular complexity index is 457. The van der Waals surface area contributed by atoms with E-state index in [1.165, 1.54) is 0 Å². The minimum atomic E-state index is -0.493. The lowest BCUT2D eigenvalue weighted by Crippen LogP contribution is -2.42. The third-order valence-corrected chi connectivity index (χ3v) is 4.63. The van der Waals surface area contributed by atoms with Crippen molar-refractivity contribution < 1.29 is 14.6 Å². The van der Waals surface area contributed by atoms with E-state index in [4.69, 9.17) is 9.47 Å². The predicted molar refractivity (Wildman–Crippen MR) is 75.4 cm³/mol. The minimum Gasteiger partial charge on any atom is -0.387 e. The molecule has 1 aromatic rings. The zero-order valence-corrected chi connectivity index (χ0v) is 12.0. The maximum atomic E-state index is 10.7. The van der Waals surface area contributed by atoms with E-state index < -0.39 is 6.10 Å². The Hall–Kier alpha value is -0.970. The Kier molecular flexibility index (Phi) is 4.06. The average Bonchev–Trinajstić information content (AvgIpc) is 2.94. The van der Waals surface area contributed by atoms with Crippen LogP contribution in [-0.4, -0.2) is 35.5 Å². The molecule has 110 valence electrons. The van der Waals surface area contributed by atoms with Crippen LogP contribution in [-0.2, 0) is 15.9 Å². The van der Waals surface area contributed by atoms with Crippen molar-refractivity contribution in [3.8, 4) is 0 Å². The van der Waals surface area contributed by atoms with Crippen molar-refractivity contribution in [2.45, 2.75) is 44.3 Å². The smallest absolute Gasteiger partial charge is 0.0992 e. The van der Waals surface area contributed by atoms with Gasteiger partial charge in [-0.25, -0.2) is 0 Å². The summed E-state index contributed by atoms with van der Waals surface area (Å²) < 4.78 is 11.4. The molecule has 2 aliphatic rings. The summed E-state index contributed by atoms with van der Waals surface area (Å²) in [5.74, 6) is 0.214. The van der Waals surface area contributed by atoms with Gasteiger partial charge in [0, 0.05) is 25.8 Å². The van der Waals surface area contributed by atoms with Crippen LogP contribution < -0.4 is 0 Å². The number of aliphatic hydroxyl groups excluding tert-OH is 1. The topological polar surface area (TPSA) is 51.6 Å². The van der Waals surface area contributed by atoms with Gasteiger partial charge in [-0.3, -0.25) is 4.98 Å². The lowest BCUT2D eigenvalue weighted by Gasteiger charge is -2.39. The largest absolute Gasteiger partial charge is 0.387 e. The molecule has 0 aromatic carbocycles. The summed E-state index contributed by atoms with van der Waals surface area (Å²) >= 11 is 0. The van der Waals surface area contributed by atoms with Crippen LogP contribution in [0.15, 0.2) is 18.3 Å². The molecular formula is C16H23NO3. The van der Waals surface area contributed by atoms with Crippen LogP contribution in [0.4, 0.5) is 0 Å². The number of rotatable bonds is 3. The second-order valence-electron chi connectivity index (χ2n) is 5.93. The highest BCUT2D eigenvalue weighted by atomic mass is 16.6. The number of hydrogen-bond donors (Lipinski definition) is 1. The summed E-state index contributed by atoms with van der Waals surface area (Å²) in [6, 6.07) is 3.99. The molecule has 2 saturated heterocycles. The summed E-state index contributed by atoms with van der Waals surface area (Å²) in [6.45, 7) is 4.24. The lowest BCUT2D eigenvalue weighted by molar-refractivity contribution is -0.117. The zero-order valence-electron chi connectivity index (χ0n) is 12.0. The number of hydrogen-bond acceptors (Lipinski definition) is 4. The van der Waals surface area contributed by atoms with Crippen LogP contribution in [0.2, 0.25) is 0 Å². The molecule has 2 aliphatic heterocycles. The third-order valence-electron chi connectivity index (χ3n) is 4.63. The monoisotopic (exact) mass is 277 g/mol. The van der Waals surface area contributed by atoms with Crippen molar-refractivity contribution in [2.75, 3.05) is 19.8 Å². The fourth-order valence-corrected chi connectivity index (χ4v) is 3.44. The maximum absolute atomic E-state index is 10.7. The molecule has 0 saturated carbocycles. The van der Waals surface area contributed by atoms with Crippen LogP contribution in [0.25, 0.3) is 0 Å². The van der Waals surface area contributed by atoms with Crippen LogP contribution in [0.5, 0.6) is 0 Å². The minimum absolute atomic E-state index is 0.162. The van der Waals surface area contributed by atoms with E-state index in [1.807, 2.05) is 6.07 Å². The summed E-state index contributed by atoms with van der Waals surface area (Å²) in [7, 11) is 0. The van der Waals surface area contributed by atoms with E-state index in [0.717, 1.165) is 43.5 Å². The van der Waals surface area contributed by atoms with Crippen LogP contribution in [0.1, 0.15) is 43.5 Å². The molecule has 0 amide bonds. The van der Waals surface area contributed by atoms with Crippen molar-refractivity contribution in [1.29, 1.82) is 0 Å². The molecular weight excluding hydrogens is 254 g/mol. The molecule has 4 nitrogen and oxygen atoms in total. The van der Waals surface area contributed by atoms with Crippen molar-refractivity contribution in [3.63, 3.8) is 0 Å². The van der Waals surface area contributed by atoms with Gasteiger partial charge in [-0.2, -0.15) is 0 Å². The SMILES string of the molecule is CCc1cccnc1C(O)C1CCOC2(CCOC2)C1. The van der Waals surface area contributed by atoms with Gasteiger partial charge in [-0.15, -0.1) is 0 Å². The molecule has 3 unspecified atom stereocenters. The normalized spacial score (nSPS) is 31.6. The van der Waals surface area contributed by atoms with Crippen LogP contribution >= 0.6 is 0 Å². The first-order valence-corrected chi connectivity index (χ1v) is 7.58. The third kappa shape index (κ3) is 2.60. The van der Waals surface area contributed by atoms with E-state index in [9.17, 15) is 5.11 Å². The summed E-state index contributed by atoms with van der Waals surface area (Å²) in [5, 5.41) is 10.7. The molecule has 1 aromatic heterocycles. The maximum Gasteiger partial charge on any atom is 0.0992 e. The van der Waals surface area contributed by atoms with E-state index in [2.05, 4.69) is 18.0 Å². The highest BCUT2D eigenvalue weighted by Crippen LogP contribution is 2.41. The molecule has 3 rings (SSSR count). The summed E-state index contributed by atoms with van der Waals surface area (Å²) in [5.41, 5.74) is 1.82. The first-order chi connectivity index (χ1) is 9.74. The highest BCUT2D eigenvalue weighted by molar-refractivity contribution is 5.22. The zero-order chi connectivity index (χ0) is 14.0. The molecule has 0 aliphatic carbocycles. The van der Waals surface area contributed by atoms with Crippen molar-refractivity contribution >= 4 is 0 Å². The quantitative estimate of drug-likeness (QED) is 0.921. The first kappa shape index (κ1) is 14.0. The fraction of sp³-hybridized carbons (Fsp3) is 0.688. The molecule has 4 heteroatoms.